The van der Waals surface area contributed by atoms with Gasteiger partial charge in [0.2, 0.25) is 5.92 Å². The molecule has 0 unspecified atom stereocenters. The zero-order valence-electron chi connectivity index (χ0n) is 10.5. The number of carbonyl (C=O) groups is 1. The van der Waals surface area contributed by atoms with E-state index in [2.05, 4.69) is 0 Å². The smallest absolute Gasteiger partial charge is 0.249 e. The van der Waals surface area contributed by atoms with Crippen molar-refractivity contribution >= 4 is 11.5 Å². The molecule has 0 amide bonds. The average Bonchev–Trinajstić information content (AvgIpc) is 2.50. The molecule has 4 heteroatoms. The fourth-order valence-electron chi connectivity index (χ4n) is 2.24. The van der Waals surface area contributed by atoms with Crippen LogP contribution in [0.2, 0.25) is 0 Å². The molecule has 1 aliphatic rings. The molecule has 0 aliphatic carbocycles. The summed E-state index contributed by atoms with van der Waals surface area (Å²) in [6.07, 6.45) is 0.324. The van der Waals surface area contributed by atoms with Gasteiger partial charge in [-0.25, -0.2) is 8.78 Å². The van der Waals surface area contributed by atoms with Crippen LogP contribution in [0, 0.1) is 0 Å². The highest BCUT2D eigenvalue weighted by Crippen LogP contribution is 2.30. The molecule has 1 heterocycles. The average molecular weight is 253 g/mol. The Morgan fingerprint density at radius 1 is 1.28 bits per heavy atom. The lowest BCUT2D eigenvalue weighted by Crippen LogP contribution is -2.25. The van der Waals surface area contributed by atoms with Crippen molar-refractivity contribution in [2.45, 2.75) is 32.1 Å². The molecule has 1 aliphatic heterocycles. The monoisotopic (exact) mass is 253 g/mol. The maximum atomic E-state index is 13.3. The van der Waals surface area contributed by atoms with Crippen LogP contribution in [0.25, 0.3) is 0 Å². The van der Waals surface area contributed by atoms with Gasteiger partial charge in [0.05, 0.1) is 0 Å². The molecular formula is C14H17F2NO. The second-order valence-electron chi connectivity index (χ2n) is 4.80. The number of carbonyl (C=O) groups excluding carboxylic acids is 1. The second-order valence-corrected chi connectivity index (χ2v) is 4.80. The van der Waals surface area contributed by atoms with E-state index in [0.717, 1.165) is 5.69 Å². The van der Waals surface area contributed by atoms with Gasteiger partial charge in [-0.1, -0.05) is 12.1 Å². The SMILES string of the molecule is CC(=O)c1cccc(N2CCCC(F)(F)CC2)c1. The minimum atomic E-state index is -2.55. The summed E-state index contributed by atoms with van der Waals surface area (Å²) in [4.78, 5) is 13.3. The number of rotatable bonds is 2. The number of alkyl halides is 2. The largest absolute Gasteiger partial charge is 0.371 e. The lowest BCUT2D eigenvalue weighted by molar-refractivity contribution is -0.0102. The third kappa shape index (κ3) is 3.06. The number of benzene rings is 1. The minimum Gasteiger partial charge on any atom is -0.371 e. The van der Waals surface area contributed by atoms with E-state index in [-0.39, 0.29) is 18.6 Å². The Balaban J connectivity index is 2.16. The quantitative estimate of drug-likeness (QED) is 0.752. The summed E-state index contributed by atoms with van der Waals surface area (Å²) in [5.74, 6) is -2.55. The summed E-state index contributed by atoms with van der Waals surface area (Å²) in [6, 6.07) is 7.20. The van der Waals surface area contributed by atoms with Crippen molar-refractivity contribution in [3.63, 3.8) is 0 Å². The van der Waals surface area contributed by atoms with Gasteiger partial charge in [-0.05, 0) is 25.5 Å². The van der Waals surface area contributed by atoms with Gasteiger partial charge in [0.1, 0.15) is 0 Å². The fraction of sp³-hybridized carbons (Fsp3) is 0.500. The topological polar surface area (TPSA) is 20.3 Å². The second kappa shape index (κ2) is 5.04. The van der Waals surface area contributed by atoms with Crippen LogP contribution in [0.5, 0.6) is 0 Å². The Hall–Kier alpha value is -1.45. The number of halogens is 2. The van der Waals surface area contributed by atoms with Crippen molar-refractivity contribution in [1.29, 1.82) is 0 Å². The standard InChI is InChI=1S/C14H17F2NO/c1-11(18)12-4-2-5-13(10-12)17-8-3-6-14(15,16)7-9-17/h2,4-5,10H,3,6-9H2,1H3. The molecule has 0 saturated carbocycles. The van der Waals surface area contributed by atoms with Gasteiger partial charge < -0.3 is 4.90 Å². The molecule has 0 bridgehead atoms. The van der Waals surface area contributed by atoms with Crippen molar-refractivity contribution < 1.29 is 13.6 Å². The molecule has 2 rings (SSSR count). The Bertz CT molecular complexity index is 445. The number of hydrogen-bond acceptors (Lipinski definition) is 2. The van der Waals surface area contributed by atoms with Crippen molar-refractivity contribution in [2.24, 2.45) is 0 Å². The number of Topliss-reactive ketones (excluding diaryl/α,β-unsaturated/α-hetero) is 1. The normalized spacial score (nSPS) is 19.4. The summed E-state index contributed by atoms with van der Waals surface area (Å²) < 4.78 is 26.6. The van der Waals surface area contributed by atoms with Gasteiger partial charge in [-0.2, -0.15) is 0 Å². The molecule has 1 aromatic carbocycles. The molecule has 2 nitrogen and oxygen atoms in total. The van der Waals surface area contributed by atoms with Crippen LogP contribution in [0.1, 0.15) is 36.5 Å². The highest BCUT2D eigenvalue weighted by molar-refractivity contribution is 5.94. The molecule has 0 atom stereocenters. The van der Waals surface area contributed by atoms with Gasteiger partial charge >= 0.3 is 0 Å². The van der Waals surface area contributed by atoms with Crippen molar-refractivity contribution in [2.75, 3.05) is 18.0 Å². The Morgan fingerprint density at radius 3 is 2.78 bits per heavy atom. The Kier molecular flexibility index (Phi) is 3.64. The minimum absolute atomic E-state index is 0.00278. The Labute approximate surface area is 106 Å². The fourth-order valence-corrected chi connectivity index (χ4v) is 2.24. The van der Waals surface area contributed by atoms with Crippen LogP contribution in [-0.2, 0) is 0 Å². The molecule has 1 fully saturated rings. The summed E-state index contributed by atoms with van der Waals surface area (Å²) in [5, 5.41) is 0. The van der Waals surface area contributed by atoms with Gasteiger partial charge in [0.15, 0.2) is 5.78 Å². The van der Waals surface area contributed by atoms with Gasteiger partial charge in [0, 0.05) is 37.2 Å². The van der Waals surface area contributed by atoms with E-state index >= 15 is 0 Å². The van der Waals surface area contributed by atoms with Crippen molar-refractivity contribution in [1.82, 2.24) is 0 Å². The first-order valence-corrected chi connectivity index (χ1v) is 6.22. The number of ketones is 1. The molecule has 98 valence electrons. The van der Waals surface area contributed by atoms with E-state index in [1.54, 1.807) is 18.2 Å². The molecule has 1 saturated heterocycles. The summed E-state index contributed by atoms with van der Waals surface area (Å²) in [7, 11) is 0. The van der Waals surface area contributed by atoms with Crippen LogP contribution < -0.4 is 4.90 Å². The zero-order valence-corrected chi connectivity index (χ0v) is 10.5. The summed E-state index contributed by atoms with van der Waals surface area (Å²) in [5.41, 5.74) is 1.49. The van der Waals surface area contributed by atoms with Gasteiger partial charge in [0.25, 0.3) is 0 Å². The van der Waals surface area contributed by atoms with Crippen LogP contribution >= 0.6 is 0 Å². The van der Waals surface area contributed by atoms with Crippen LogP contribution in [0.4, 0.5) is 14.5 Å². The lowest BCUT2D eigenvalue weighted by atomic mass is 10.1. The van der Waals surface area contributed by atoms with E-state index < -0.39 is 5.92 Å². The molecular weight excluding hydrogens is 236 g/mol. The zero-order chi connectivity index (χ0) is 13.2. The van der Waals surface area contributed by atoms with Crippen molar-refractivity contribution in [3.05, 3.63) is 29.8 Å². The maximum absolute atomic E-state index is 13.3. The molecule has 0 radical (unpaired) electrons. The molecule has 18 heavy (non-hydrogen) atoms. The summed E-state index contributed by atoms with van der Waals surface area (Å²) >= 11 is 0. The van der Waals surface area contributed by atoms with Gasteiger partial charge in [-0.15, -0.1) is 0 Å². The van der Waals surface area contributed by atoms with Crippen molar-refractivity contribution in [3.8, 4) is 0 Å². The number of anilines is 1. The first kappa shape index (κ1) is 13.0. The number of nitrogens with zero attached hydrogens (tertiary/aromatic N) is 1. The van der Waals surface area contributed by atoms with Crippen LogP contribution in [0.3, 0.4) is 0 Å². The highest BCUT2D eigenvalue weighted by atomic mass is 19.3. The van der Waals surface area contributed by atoms with E-state index in [1.807, 2.05) is 11.0 Å². The van der Waals surface area contributed by atoms with E-state index in [0.29, 0.717) is 25.1 Å². The third-order valence-corrected chi connectivity index (χ3v) is 3.34. The molecule has 0 N–H and O–H groups in total. The first-order valence-electron chi connectivity index (χ1n) is 6.22. The van der Waals surface area contributed by atoms with E-state index in [4.69, 9.17) is 0 Å². The maximum Gasteiger partial charge on any atom is 0.249 e. The number of hydrogen-bond donors (Lipinski definition) is 0. The van der Waals surface area contributed by atoms with E-state index in [9.17, 15) is 13.6 Å². The highest BCUT2D eigenvalue weighted by Gasteiger charge is 2.31. The van der Waals surface area contributed by atoms with Crippen LogP contribution in [-0.4, -0.2) is 24.8 Å². The third-order valence-electron chi connectivity index (χ3n) is 3.34. The lowest BCUT2D eigenvalue weighted by Gasteiger charge is -2.23. The van der Waals surface area contributed by atoms with Gasteiger partial charge in [-0.3, -0.25) is 4.79 Å². The predicted molar refractivity (Wildman–Crippen MR) is 67.5 cm³/mol. The molecule has 0 spiro atoms. The molecule has 1 aromatic rings. The molecule has 0 aromatic heterocycles. The first-order chi connectivity index (χ1) is 8.48. The van der Waals surface area contributed by atoms with E-state index in [1.165, 1.54) is 6.92 Å². The summed E-state index contributed by atoms with van der Waals surface area (Å²) in [6.45, 7) is 2.47. The predicted octanol–water partition coefficient (Wildman–Crippen LogP) is 3.51. The Morgan fingerprint density at radius 2 is 2.06 bits per heavy atom. The van der Waals surface area contributed by atoms with Crippen LogP contribution in [0.15, 0.2) is 24.3 Å².